The van der Waals surface area contributed by atoms with Crippen molar-refractivity contribution in [2.75, 3.05) is 22.5 Å². The van der Waals surface area contributed by atoms with Gasteiger partial charge < -0.3 is 16.8 Å². The molecule has 1 amide bonds. The molecule has 1 aromatic heterocycles. The predicted octanol–water partition coefficient (Wildman–Crippen LogP) is 1.56. The lowest BCUT2D eigenvalue weighted by atomic mass is 10.3. The Labute approximate surface area is 128 Å². The van der Waals surface area contributed by atoms with E-state index in [1.54, 1.807) is 0 Å². The van der Waals surface area contributed by atoms with Crippen molar-refractivity contribution in [1.29, 1.82) is 0 Å². The van der Waals surface area contributed by atoms with Gasteiger partial charge in [0.05, 0.1) is 11.4 Å². The molecule has 5 N–H and O–H groups in total. The van der Waals surface area contributed by atoms with E-state index in [4.69, 9.17) is 23.1 Å². The van der Waals surface area contributed by atoms with Crippen molar-refractivity contribution < 1.29 is 9.18 Å². The lowest BCUT2D eigenvalue weighted by Gasteiger charge is -2.06. The van der Waals surface area contributed by atoms with Gasteiger partial charge in [0, 0.05) is 5.02 Å². The average molecular weight is 329 g/mol. The number of anilines is 3. The second-order valence-electron chi connectivity index (χ2n) is 3.80. The number of aromatic nitrogens is 3. The SMILES string of the molecule is Nc1nc(N)nc(SCC(=O)Nc2ccc(Cl)cc2F)n1. The summed E-state index contributed by atoms with van der Waals surface area (Å²) in [5.74, 6) is -1.15. The van der Waals surface area contributed by atoms with E-state index in [9.17, 15) is 9.18 Å². The molecule has 1 aromatic carbocycles. The number of nitrogens with two attached hydrogens (primary N) is 2. The minimum absolute atomic E-state index is 0.0332. The summed E-state index contributed by atoms with van der Waals surface area (Å²) >= 11 is 6.62. The van der Waals surface area contributed by atoms with E-state index in [1.165, 1.54) is 12.1 Å². The number of amides is 1. The number of nitrogens with one attached hydrogen (secondary N) is 1. The van der Waals surface area contributed by atoms with Crippen LogP contribution in [0.4, 0.5) is 22.0 Å². The van der Waals surface area contributed by atoms with E-state index < -0.39 is 11.7 Å². The molecule has 0 radical (unpaired) electrons. The molecule has 21 heavy (non-hydrogen) atoms. The molecule has 2 aromatic rings. The zero-order valence-electron chi connectivity index (χ0n) is 10.5. The van der Waals surface area contributed by atoms with Gasteiger partial charge in [-0.1, -0.05) is 23.4 Å². The van der Waals surface area contributed by atoms with Crippen LogP contribution in [-0.4, -0.2) is 26.6 Å². The van der Waals surface area contributed by atoms with Crippen molar-refractivity contribution in [3.05, 3.63) is 29.0 Å². The van der Waals surface area contributed by atoms with E-state index in [0.29, 0.717) is 0 Å². The first-order chi connectivity index (χ1) is 9.94. The molecule has 0 saturated carbocycles. The van der Waals surface area contributed by atoms with Crippen LogP contribution in [0.5, 0.6) is 0 Å². The molecule has 0 aliphatic rings. The molecule has 0 aliphatic carbocycles. The Morgan fingerprint density at radius 3 is 2.57 bits per heavy atom. The molecule has 0 saturated heterocycles. The molecule has 0 aliphatic heterocycles. The van der Waals surface area contributed by atoms with Crippen LogP contribution in [0, 0.1) is 5.82 Å². The minimum Gasteiger partial charge on any atom is -0.368 e. The van der Waals surface area contributed by atoms with Gasteiger partial charge in [-0.25, -0.2) is 4.39 Å². The van der Waals surface area contributed by atoms with E-state index in [2.05, 4.69) is 20.3 Å². The van der Waals surface area contributed by atoms with Crippen LogP contribution >= 0.6 is 23.4 Å². The third kappa shape index (κ3) is 4.43. The third-order valence-electron chi connectivity index (χ3n) is 2.19. The lowest BCUT2D eigenvalue weighted by molar-refractivity contribution is -0.113. The monoisotopic (exact) mass is 328 g/mol. The molecule has 7 nitrogen and oxygen atoms in total. The first-order valence-corrected chi connectivity index (χ1v) is 6.95. The fraction of sp³-hybridized carbons (Fsp3) is 0.0909. The molecule has 0 spiro atoms. The molecular weight excluding hydrogens is 319 g/mol. The number of nitrogens with zero attached hydrogens (tertiary/aromatic N) is 3. The summed E-state index contributed by atoms with van der Waals surface area (Å²) in [6, 6.07) is 3.96. The topological polar surface area (TPSA) is 120 Å². The number of halogens is 2. The summed E-state index contributed by atoms with van der Waals surface area (Å²) in [5, 5.41) is 2.87. The van der Waals surface area contributed by atoms with Gasteiger partial charge in [-0.3, -0.25) is 4.79 Å². The van der Waals surface area contributed by atoms with Crippen LogP contribution in [0.2, 0.25) is 5.02 Å². The lowest BCUT2D eigenvalue weighted by Crippen LogP contribution is -2.15. The summed E-state index contributed by atoms with van der Waals surface area (Å²) in [7, 11) is 0. The van der Waals surface area contributed by atoms with Crippen LogP contribution in [0.15, 0.2) is 23.4 Å². The average Bonchev–Trinajstić information content (AvgIpc) is 2.39. The zero-order chi connectivity index (χ0) is 15.4. The van der Waals surface area contributed by atoms with Crippen molar-refractivity contribution in [3.63, 3.8) is 0 Å². The van der Waals surface area contributed by atoms with Gasteiger partial charge in [-0.15, -0.1) is 0 Å². The van der Waals surface area contributed by atoms with Crippen LogP contribution in [-0.2, 0) is 4.79 Å². The maximum absolute atomic E-state index is 13.5. The Hall–Kier alpha value is -2.13. The molecule has 10 heteroatoms. The van der Waals surface area contributed by atoms with Crippen LogP contribution < -0.4 is 16.8 Å². The van der Waals surface area contributed by atoms with E-state index in [1.807, 2.05) is 0 Å². The number of carbonyl (C=O) groups is 1. The quantitative estimate of drug-likeness (QED) is 0.728. The first kappa shape index (κ1) is 15.3. The third-order valence-corrected chi connectivity index (χ3v) is 3.27. The fourth-order valence-electron chi connectivity index (χ4n) is 1.36. The zero-order valence-corrected chi connectivity index (χ0v) is 12.1. The van der Waals surface area contributed by atoms with Crippen LogP contribution in [0.1, 0.15) is 0 Å². The second kappa shape index (κ2) is 6.55. The number of hydrogen-bond donors (Lipinski definition) is 3. The van der Waals surface area contributed by atoms with Gasteiger partial charge in [0.25, 0.3) is 0 Å². The minimum atomic E-state index is -0.616. The highest BCUT2D eigenvalue weighted by Crippen LogP contribution is 2.20. The van der Waals surface area contributed by atoms with Crippen molar-refractivity contribution in [1.82, 2.24) is 15.0 Å². The first-order valence-electron chi connectivity index (χ1n) is 5.59. The van der Waals surface area contributed by atoms with E-state index in [-0.39, 0.29) is 33.5 Å². The molecule has 0 unspecified atom stereocenters. The number of benzene rings is 1. The maximum Gasteiger partial charge on any atom is 0.234 e. The Morgan fingerprint density at radius 2 is 1.95 bits per heavy atom. The van der Waals surface area contributed by atoms with Crippen LogP contribution in [0.3, 0.4) is 0 Å². The molecule has 0 bridgehead atoms. The number of carbonyl (C=O) groups excluding carboxylic acids is 1. The molecular formula is C11H10ClFN6OS. The smallest absolute Gasteiger partial charge is 0.234 e. The van der Waals surface area contributed by atoms with Gasteiger partial charge >= 0.3 is 0 Å². The summed E-state index contributed by atoms with van der Waals surface area (Å²) < 4.78 is 13.5. The highest BCUT2D eigenvalue weighted by molar-refractivity contribution is 7.99. The van der Waals surface area contributed by atoms with Crippen molar-refractivity contribution in [3.8, 4) is 0 Å². The Balaban J connectivity index is 1.95. The van der Waals surface area contributed by atoms with Crippen molar-refractivity contribution in [2.45, 2.75) is 5.16 Å². The fourth-order valence-corrected chi connectivity index (χ4v) is 2.17. The van der Waals surface area contributed by atoms with E-state index >= 15 is 0 Å². The Kier molecular flexibility index (Phi) is 4.76. The summed E-state index contributed by atoms with van der Waals surface area (Å²) in [4.78, 5) is 23.0. The van der Waals surface area contributed by atoms with Crippen molar-refractivity contribution in [2.24, 2.45) is 0 Å². The highest BCUT2D eigenvalue weighted by atomic mass is 35.5. The Morgan fingerprint density at radius 1 is 1.29 bits per heavy atom. The van der Waals surface area contributed by atoms with Gasteiger partial charge in [0.2, 0.25) is 17.8 Å². The van der Waals surface area contributed by atoms with Gasteiger partial charge in [0.1, 0.15) is 5.82 Å². The molecule has 2 rings (SSSR count). The molecule has 110 valence electrons. The maximum atomic E-state index is 13.5. The second-order valence-corrected chi connectivity index (χ2v) is 5.17. The van der Waals surface area contributed by atoms with Crippen molar-refractivity contribution >= 4 is 46.9 Å². The Bertz CT molecular complexity index is 666. The predicted molar refractivity (Wildman–Crippen MR) is 79.4 cm³/mol. The van der Waals surface area contributed by atoms with Crippen LogP contribution in [0.25, 0.3) is 0 Å². The summed E-state index contributed by atoms with van der Waals surface area (Å²) in [5.41, 5.74) is 10.9. The molecule has 0 atom stereocenters. The summed E-state index contributed by atoms with van der Waals surface area (Å²) in [6.45, 7) is 0. The number of nitrogen functional groups attached to an aromatic ring is 2. The van der Waals surface area contributed by atoms with Gasteiger partial charge in [-0.2, -0.15) is 15.0 Å². The standard InChI is InChI=1S/C11H10ClFN6OS/c12-5-1-2-7(6(13)3-5)16-8(20)4-21-11-18-9(14)17-10(15)19-11/h1-3H,4H2,(H,16,20)(H4,14,15,17,18,19). The summed E-state index contributed by atoms with van der Waals surface area (Å²) in [6.07, 6.45) is 0. The van der Waals surface area contributed by atoms with E-state index in [0.717, 1.165) is 17.8 Å². The van der Waals surface area contributed by atoms with Gasteiger partial charge in [0.15, 0.2) is 5.16 Å². The number of rotatable bonds is 4. The number of hydrogen-bond acceptors (Lipinski definition) is 7. The molecule has 0 fully saturated rings. The highest BCUT2D eigenvalue weighted by Gasteiger charge is 2.10. The number of thioether (sulfide) groups is 1. The largest absolute Gasteiger partial charge is 0.368 e. The molecule has 1 heterocycles. The van der Waals surface area contributed by atoms with Gasteiger partial charge in [-0.05, 0) is 18.2 Å². The normalized spacial score (nSPS) is 10.4.